The largest absolute Gasteiger partial charge is 0.508 e. The summed E-state index contributed by atoms with van der Waals surface area (Å²) in [5.74, 6) is -0.163. The van der Waals surface area contributed by atoms with Gasteiger partial charge in [-0.05, 0) is 12.1 Å². The molecule has 0 saturated heterocycles. The predicted octanol–water partition coefficient (Wildman–Crippen LogP) is 0.405. The number of methoxy groups -OCH3 is 1. The average Bonchev–Trinajstić information content (AvgIpc) is 2.09. The molecule has 0 aliphatic carbocycles. The SMILES string of the molecule is COC(O)Cc1[c]cc(O)cc1O. The fraction of sp³-hybridized carbons (Fsp3) is 0.333. The molecule has 0 spiro atoms. The molecule has 0 fully saturated rings. The highest BCUT2D eigenvalue weighted by atomic mass is 16.6. The van der Waals surface area contributed by atoms with Gasteiger partial charge in [0, 0.05) is 25.2 Å². The van der Waals surface area contributed by atoms with E-state index in [1.807, 2.05) is 0 Å². The van der Waals surface area contributed by atoms with Gasteiger partial charge in [-0.2, -0.15) is 0 Å². The maximum Gasteiger partial charge on any atom is 0.158 e. The molecule has 13 heavy (non-hydrogen) atoms. The summed E-state index contributed by atoms with van der Waals surface area (Å²) in [5.41, 5.74) is 0.409. The number of phenols is 2. The van der Waals surface area contributed by atoms with Crippen molar-refractivity contribution in [2.75, 3.05) is 7.11 Å². The van der Waals surface area contributed by atoms with Crippen molar-refractivity contribution >= 4 is 0 Å². The van der Waals surface area contributed by atoms with Crippen LogP contribution in [-0.2, 0) is 11.2 Å². The highest BCUT2D eigenvalue weighted by Crippen LogP contribution is 2.22. The van der Waals surface area contributed by atoms with E-state index >= 15 is 0 Å². The van der Waals surface area contributed by atoms with Crippen molar-refractivity contribution in [3.05, 3.63) is 23.8 Å². The van der Waals surface area contributed by atoms with E-state index in [2.05, 4.69) is 10.8 Å². The lowest BCUT2D eigenvalue weighted by molar-refractivity contribution is -0.0723. The van der Waals surface area contributed by atoms with Gasteiger partial charge in [0.05, 0.1) is 0 Å². The fourth-order valence-electron chi connectivity index (χ4n) is 0.925. The first kappa shape index (κ1) is 9.83. The average molecular weight is 183 g/mol. The predicted molar refractivity (Wildman–Crippen MR) is 45.3 cm³/mol. The monoisotopic (exact) mass is 183 g/mol. The molecule has 0 bridgehead atoms. The van der Waals surface area contributed by atoms with E-state index in [0.717, 1.165) is 0 Å². The Kier molecular flexibility index (Phi) is 3.11. The van der Waals surface area contributed by atoms with E-state index < -0.39 is 6.29 Å². The molecule has 71 valence electrons. The van der Waals surface area contributed by atoms with Gasteiger partial charge in [-0.1, -0.05) is 0 Å². The highest BCUT2D eigenvalue weighted by Gasteiger charge is 2.08. The first-order valence-electron chi connectivity index (χ1n) is 3.77. The number of ether oxygens (including phenoxy) is 1. The number of aromatic hydroxyl groups is 2. The van der Waals surface area contributed by atoms with Gasteiger partial charge < -0.3 is 20.1 Å². The van der Waals surface area contributed by atoms with Crippen LogP contribution in [0.4, 0.5) is 0 Å². The van der Waals surface area contributed by atoms with Crippen molar-refractivity contribution in [1.29, 1.82) is 0 Å². The molecular formula is C9H11O4. The second-order valence-electron chi connectivity index (χ2n) is 2.62. The minimum absolute atomic E-state index is 0.0619. The molecule has 3 N–H and O–H groups in total. The summed E-state index contributed by atoms with van der Waals surface area (Å²) in [6, 6.07) is 5.14. The van der Waals surface area contributed by atoms with Crippen LogP contribution < -0.4 is 0 Å². The second-order valence-corrected chi connectivity index (χ2v) is 2.62. The molecule has 0 heterocycles. The van der Waals surface area contributed by atoms with Gasteiger partial charge in [-0.15, -0.1) is 0 Å². The van der Waals surface area contributed by atoms with Crippen molar-refractivity contribution in [1.82, 2.24) is 0 Å². The molecule has 1 aromatic rings. The summed E-state index contributed by atoms with van der Waals surface area (Å²) in [4.78, 5) is 0. The molecule has 0 aliphatic rings. The topological polar surface area (TPSA) is 69.9 Å². The Labute approximate surface area is 76.0 Å². The number of aliphatic hydroxyl groups is 1. The normalized spacial score (nSPS) is 12.8. The minimum atomic E-state index is -0.966. The zero-order valence-electron chi connectivity index (χ0n) is 7.19. The number of hydrogen-bond donors (Lipinski definition) is 3. The molecule has 1 radical (unpaired) electrons. The van der Waals surface area contributed by atoms with Crippen molar-refractivity contribution < 1.29 is 20.1 Å². The van der Waals surface area contributed by atoms with Crippen LogP contribution in [0.15, 0.2) is 12.1 Å². The summed E-state index contributed by atoms with van der Waals surface area (Å²) < 4.78 is 4.60. The number of rotatable bonds is 3. The summed E-state index contributed by atoms with van der Waals surface area (Å²) in [6.07, 6.45) is -0.825. The second kappa shape index (κ2) is 4.11. The Morgan fingerprint density at radius 2 is 2.23 bits per heavy atom. The van der Waals surface area contributed by atoms with E-state index in [1.54, 1.807) is 0 Å². The van der Waals surface area contributed by atoms with E-state index in [4.69, 9.17) is 10.2 Å². The standard InChI is InChI=1S/C9H11O4/c1-13-9(12)4-6-2-3-7(10)5-8(6)11/h3,5,9-12H,4H2,1H3. The van der Waals surface area contributed by atoms with Crippen molar-refractivity contribution in [2.45, 2.75) is 12.7 Å². The summed E-state index contributed by atoms with van der Waals surface area (Å²) in [6.45, 7) is 0. The smallest absolute Gasteiger partial charge is 0.158 e. The van der Waals surface area contributed by atoms with Crippen molar-refractivity contribution in [3.63, 3.8) is 0 Å². The molecule has 4 nitrogen and oxygen atoms in total. The zero-order valence-corrected chi connectivity index (χ0v) is 7.19. The Bertz CT molecular complexity index is 285. The van der Waals surface area contributed by atoms with Crippen LogP contribution in [0, 0.1) is 6.07 Å². The van der Waals surface area contributed by atoms with E-state index in [-0.39, 0.29) is 17.9 Å². The first-order chi connectivity index (χ1) is 6.13. The number of benzene rings is 1. The van der Waals surface area contributed by atoms with Crippen LogP contribution in [0.25, 0.3) is 0 Å². The Hall–Kier alpha value is -1.26. The van der Waals surface area contributed by atoms with Crippen LogP contribution in [0.5, 0.6) is 11.5 Å². The molecule has 0 aliphatic heterocycles. The zero-order chi connectivity index (χ0) is 9.84. The van der Waals surface area contributed by atoms with Gasteiger partial charge >= 0.3 is 0 Å². The Morgan fingerprint density at radius 1 is 1.54 bits per heavy atom. The van der Waals surface area contributed by atoms with Gasteiger partial charge in [0.15, 0.2) is 6.29 Å². The lowest BCUT2D eigenvalue weighted by atomic mass is 10.1. The molecule has 1 atom stereocenters. The third-order valence-electron chi connectivity index (χ3n) is 1.64. The Balaban J connectivity index is 2.77. The number of aliphatic hydroxyl groups excluding tert-OH is 1. The van der Waals surface area contributed by atoms with Crippen molar-refractivity contribution in [2.24, 2.45) is 0 Å². The lowest BCUT2D eigenvalue weighted by Gasteiger charge is -2.09. The minimum Gasteiger partial charge on any atom is -0.508 e. The molecule has 0 saturated carbocycles. The van der Waals surface area contributed by atoms with Gasteiger partial charge in [0.25, 0.3) is 0 Å². The molecule has 4 heteroatoms. The molecule has 0 amide bonds. The van der Waals surface area contributed by atoms with Gasteiger partial charge in [-0.25, -0.2) is 0 Å². The summed E-state index contributed by atoms with van der Waals surface area (Å²) in [7, 11) is 1.36. The van der Waals surface area contributed by atoms with Crippen LogP contribution in [-0.4, -0.2) is 28.7 Å². The van der Waals surface area contributed by atoms with Gasteiger partial charge in [0.2, 0.25) is 0 Å². The van der Waals surface area contributed by atoms with E-state index in [0.29, 0.717) is 5.56 Å². The summed E-state index contributed by atoms with van der Waals surface area (Å²) in [5, 5.41) is 27.3. The fourth-order valence-corrected chi connectivity index (χ4v) is 0.925. The van der Waals surface area contributed by atoms with Gasteiger partial charge in [-0.3, -0.25) is 0 Å². The van der Waals surface area contributed by atoms with E-state index in [1.165, 1.54) is 19.2 Å². The summed E-state index contributed by atoms with van der Waals surface area (Å²) >= 11 is 0. The highest BCUT2D eigenvalue weighted by molar-refractivity contribution is 5.38. The van der Waals surface area contributed by atoms with E-state index in [9.17, 15) is 5.11 Å². The molecule has 1 aromatic carbocycles. The molecule has 1 rings (SSSR count). The molecule has 1 unspecified atom stereocenters. The quantitative estimate of drug-likeness (QED) is 0.593. The number of hydrogen-bond acceptors (Lipinski definition) is 4. The van der Waals surface area contributed by atoms with Crippen LogP contribution in [0.2, 0.25) is 0 Å². The third kappa shape index (κ3) is 2.61. The molecular weight excluding hydrogens is 172 g/mol. The first-order valence-corrected chi connectivity index (χ1v) is 3.77. The van der Waals surface area contributed by atoms with Crippen LogP contribution in [0.3, 0.4) is 0 Å². The van der Waals surface area contributed by atoms with Crippen LogP contribution in [0.1, 0.15) is 5.56 Å². The van der Waals surface area contributed by atoms with Crippen molar-refractivity contribution in [3.8, 4) is 11.5 Å². The van der Waals surface area contributed by atoms with Crippen LogP contribution >= 0.6 is 0 Å². The van der Waals surface area contributed by atoms with Gasteiger partial charge in [0.1, 0.15) is 11.5 Å². The Morgan fingerprint density at radius 3 is 2.77 bits per heavy atom. The lowest BCUT2D eigenvalue weighted by Crippen LogP contribution is -2.12. The number of phenolic OH excluding ortho intramolecular Hbond substituents is 2. The maximum atomic E-state index is 9.28. The maximum absolute atomic E-state index is 9.28. The molecule has 0 aromatic heterocycles. The third-order valence-corrected chi connectivity index (χ3v) is 1.64.